The number of hydrogen-bond donors (Lipinski definition) is 1. The van der Waals surface area contributed by atoms with Crippen molar-refractivity contribution in [3.05, 3.63) is 17.0 Å². The lowest BCUT2D eigenvalue weighted by atomic mass is 9.99. The van der Waals surface area contributed by atoms with E-state index in [4.69, 9.17) is 4.74 Å². The van der Waals surface area contributed by atoms with Crippen LogP contribution in [0.2, 0.25) is 0 Å². The van der Waals surface area contributed by atoms with Gasteiger partial charge < -0.3 is 9.84 Å². The minimum Gasteiger partial charge on any atom is -0.469 e. The monoisotopic (exact) mass is 266 g/mol. The number of carbonyl (C=O) groups excluding carboxylic acids is 1. The van der Waals surface area contributed by atoms with Gasteiger partial charge in [0.25, 0.3) is 0 Å². The molecule has 5 nitrogen and oxygen atoms in total. The van der Waals surface area contributed by atoms with E-state index < -0.39 is 0 Å². The van der Waals surface area contributed by atoms with Gasteiger partial charge in [0.2, 0.25) is 0 Å². The highest BCUT2D eigenvalue weighted by Crippen LogP contribution is 2.33. The van der Waals surface area contributed by atoms with Crippen molar-refractivity contribution in [2.75, 3.05) is 7.11 Å². The van der Waals surface area contributed by atoms with Crippen molar-refractivity contribution in [1.82, 2.24) is 9.78 Å². The first-order valence-corrected chi connectivity index (χ1v) is 6.78. The van der Waals surface area contributed by atoms with Crippen LogP contribution in [-0.2, 0) is 9.53 Å². The highest BCUT2D eigenvalue weighted by atomic mass is 16.5. The van der Waals surface area contributed by atoms with Gasteiger partial charge in [-0.25, -0.2) is 0 Å². The fourth-order valence-electron chi connectivity index (χ4n) is 3.13. The van der Waals surface area contributed by atoms with Crippen molar-refractivity contribution in [2.45, 2.75) is 58.1 Å². The molecule has 3 atom stereocenters. The van der Waals surface area contributed by atoms with Crippen LogP contribution in [0, 0.1) is 13.8 Å². The summed E-state index contributed by atoms with van der Waals surface area (Å²) in [7, 11) is 1.40. The standard InChI is InChI=1S/C14H22N2O3/c1-8(14(18)19-4)13-9(2)15-16(10(13)3)11-6-5-7-12(11)17/h8,11-12,17H,5-7H2,1-4H3. The summed E-state index contributed by atoms with van der Waals surface area (Å²) < 4.78 is 6.70. The second-order valence-electron chi connectivity index (χ2n) is 5.34. The Kier molecular flexibility index (Phi) is 3.94. The highest BCUT2D eigenvalue weighted by Gasteiger charge is 2.31. The van der Waals surface area contributed by atoms with Gasteiger partial charge in [-0.15, -0.1) is 0 Å². The SMILES string of the molecule is COC(=O)C(C)c1c(C)nn(C2CCCC2O)c1C. The summed E-state index contributed by atoms with van der Waals surface area (Å²) in [6.07, 6.45) is 2.45. The van der Waals surface area contributed by atoms with Gasteiger partial charge in [0.1, 0.15) is 0 Å². The average Bonchev–Trinajstić information content (AvgIpc) is 2.91. The Balaban J connectivity index is 2.37. The van der Waals surface area contributed by atoms with E-state index in [1.54, 1.807) is 0 Å². The lowest BCUT2D eigenvalue weighted by Crippen LogP contribution is -2.21. The predicted octanol–water partition coefficient (Wildman–Crippen LogP) is 1.86. The molecular formula is C14H22N2O3. The molecule has 1 fully saturated rings. The zero-order chi connectivity index (χ0) is 14.2. The number of hydrogen-bond acceptors (Lipinski definition) is 4. The Hall–Kier alpha value is -1.36. The Bertz CT molecular complexity index is 481. The lowest BCUT2D eigenvalue weighted by molar-refractivity contribution is -0.142. The molecule has 5 heteroatoms. The number of carbonyl (C=O) groups is 1. The largest absolute Gasteiger partial charge is 0.469 e. The van der Waals surface area contributed by atoms with Crippen LogP contribution < -0.4 is 0 Å². The smallest absolute Gasteiger partial charge is 0.312 e. The summed E-state index contributed by atoms with van der Waals surface area (Å²) in [5.41, 5.74) is 2.72. The lowest BCUT2D eigenvalue weighted by Gasteiger charge is -2.17. The summed E-state index contributed by atoms with van der Waals surface area (Å²) in [6.45, 7) is 5.69. The summed E-state index contributed by atoms with van der Waals surface area (Å²) in [5, 5.41) is 14.5. The second kappa shape index (κ2) is 5.33. The highest BCUT2D eigenvalue weighted by molar-refractivity contribution is 5.78. The molecule has 1 aliphatic rings. The predicted molar refractivity (Wildman–Crippen MR) is 71.0 cm³/mol. The van der Waals surface area contributed by atoms with Gasteiger partial charge in [0.15, 0.2) is 0 Å². The van der Waals surface area contributed by atoms with Gasteiger partial charge in [-0.1, -0.05) is 0 Å². The summed E-state index contributed by atoms with van der Waals surface area (Å²) >= 11 is 0. The van der Waals surface area contributed by atoms with Crippen LogP contribution in [0.15, 0.2) is 0 Å². The number of rotatable bonds is 3. The van der Waals surface area contributed by atoms with Crippen LogP contribution in [0.5, 0.6) is 0 Å². The van der Waals surface area contributed by atoms with Crippen LogP contribution in [0.25, 0.3) is 0 Å². The Morgan fingerprint density at radius 2 is 2.16 bits per heavy atom. The number of aliphatic hydroxyl groups excluding tert-OH is 1. The molecular weight excluding hydrogens is 244 g/mol. The Morgan fingerprint density at radius 1 is 1.47 bits per heavy atom. The van der Waals surface area contributed by atoms with Crippen molar-refractivity contribution in [3.8, 4) is 0 Å². The van der Waals surface area contributed by atoms with E-state index in [0.29, 0.717) is 0 Å². The van der Waals surface area contributed by atoms with Crippen LogP contribution in [0.3, 0.4) is 0 Å². The number of aromatic nitrogens is 2. The zero-order valence-electron chi connectivity index (χ0n) is 12.0. The van der Waals surface area contributed by atoms with Gasteiger partial charge >= 0.3 is 5.97 Å². The van der Waals surface area contributed by atoms with Gasteiger partial charge in [0.05, 0.1) is 30.9 Å². The average molecular weight is 266 g/mol. The molecule has 19 heavy (non-hydrogen) atoms. The molecule has 0 saturated heterocycles. The third-order valence-electron chi connectivity index (χ3n) is 4.13. The first-order chi connectivity index (χ1) is 8.97. The van der Waals surface area contributed by atoms with Crippen molar-refractivity contribution >= 4 is 5.97 Å². The molecule has 1 aromatic rings. The van der Waals surface area contributed by atoms with Crippen molar-refractivity contribution < 1.29 is 14.6 Å². The fourth-order valence-corrected chi connectivity index (χ4v) is 3.13. The molecule has 3 unspecified atom stereocenters. The molecule has 1 saturated carbocycles. The van der Waals surface area contributed by atoms with E-state index in [0.717, 1.165) is 36.2 Å². The molecule has 0 aliphatic heterocycles. The molecule has 0 radical (unpaired) electrons. The summed E-state index contributed by atoms with van der Waals surface area (Å²) in [5.74, 6) is -0.574. The van der Waals surface area contributed by atoms with Gasteiger partial charge in [0, 0.05) is 11.3 Å². The van der Waals surface area contributed by atoms with Gasteiger partial charge in [-0.3, -0.25) is 9.48 Å². The molecule has 0 amide bonds. The molecule has 0 aromatic carbocycles. The number of aryl methyl sites for hydroxylation is 1. The van der Waals surface area contributed by atoms with Crippen LogP contribution >= 0.6 is 0 Å². The third-order valence-corrected chi connectivity index (χ3v) is 4.13. The molecule has 0 spiro atoms. The first kappa shape index (κ1) is 14.1. The van der Waals surface area contributed by atoms with Gasteiger partial charge in [-0.05, 0) is 40.0 Å². The van der Waals surface area contributed by atoms with Crippen molar-refractivity contribution in [1.29, 1.82) is 0 Å². The first-order valence-electron chi connectivity index (χ1n) is 6.78. The number of aliphatic hydroxyl groups is 1. The normalized spacial score (nSPS) is 24.5. The maximum absolute atomic E-state index is 11.7. The number of ether oxygens (including phenoxy) is 1. The van der Waals surface area contributed by atoms with Crippen LogP contribution in [-0.4, -0.2) is 34.1 Å². The minimum atomic E-state index is -0.334. The fraction of sp³-hybridized carbons (Fsp3) is 0.714. The minimum absolute atomic E-state index is 0.0392. The molecule has 0 bridgehead atoms. The van der Waals surface area contributed by atoms with E-state index >= 15 is 0 Å². The third kappa shape index (κ3) is 2.39. The molecule has 2 rings (SSSR count). The van der Waals surface area contributed by atoms with E-state index in [9.17, 15) is 9.90 Å². The van der Waals surface area contributed by atoms with E-state index in [1.807, 2.05) is 25.5 Å². The molecule has 1 aliphatic carbocycles. The number of esters is 1. The molecule has 106 valence electrons. The molecule has 1 aromatic heterocycles. The van der Waals surface area contributed by atoms with Crippen molar-refractivity contribution in [3.63, 3.8) is 0 Å². The maximum atomic E-state index is 11.7. The summed E-state index contributed by atoms with van der Waals surface area (Å²) in [6, 6.07) is 0.0392. The number of methoxy groups -OCH3 is 1. The second-order valence-corrected chi connectivity index (χ2v) is 5.34. The quantitative estimate of drug-likeness (QED) is 0.848. The van der Waals surface area contributed by atoms with Crippen LogP contribution in [0.4, 0.5) is 0 Å². The number of nitrogens with zero attached hydrogens (tertiary/aromatic N) is 2. The Morgan fingerprint density at radius 3 is 2.68 bits per heavy atom. The van der Waals surface area contributed by atoms with Gasteiger partial charge in [-0.2, -0.15) is 5.10 Å². The molecule has 1 N–H and O–H groups in total. The zero-order valence-corrected chi connectivity index (χ0v) is 12.0. The van der Waals surface area contributed by atoms with Crippen molar-refractivity contribution in [2.24, 2.45) is 0 Å². The molecule has 1 heterocycles. The van der Waals surface area contributed by atoms with Crippen LogP contribution in [0.1, 0.15) is 55.1 Å². The topological polar surface area (TPSA) is 64.3 Å². The van der Waals surface area contributed by atoms with E-state index in [1.165, 1.54) is 7.11 Å². The maximum Gasteiger partial charge on any atom is 0.312 e. The van der Waals surface area contributed by atoms with E-state index in [-0.39, 0.29) is 24.0 Å². The summed E-state index contributed by atoms with van der Waals surface area (Å²) in [4.78, 5) is 11.7. The van der Waals surface area contributed by atoms with E-state index in [2.05, 4.69) is 5.10 Å². The Labute approximate surface area is 113 Å².